The maximum Gasteiger partial charge on any atom is 0.310 e. The second kappa shape index (κ2) is 8.43. The van der Waals surface area contributed by atoms with E-state index in [9.17, 15) is 9.59 Å². The molecule has 0 spiro atoms. The molecule has 2 bridgehead atoms. The summed E-state index contributed by atoms with van der Waals surface area (Å²) in [4.78, 5) is 25.0. The van der Waals surface area contributed by atoms with E-state index < -0.39 is 5.41 Å². The average molecular weight is 399 g/mol. The predicted octanol–water partition coefficient (Wildman–Crippen LogP) is 5.19. The van der Waals surface area contributed by atoms with E-state index >= 15 is 0 Å². The number of hydrogen-bond donors (Lipinski definition) is 0. The highest BCUT2D eigenvalue weighted by atomic mass is 16.5. The van der Waals surface area contributed by atoms with Gasteiger partial charge in [0.15, 0.2) is 6.29 Å². The normalized spacial score (nSPS) is 29.0. The summed E-state index contributed by atoms with van der Waals surface area (Å²) in [6.45, 7) is 12.3. The number of esters is 1. The Kier molecular flexibility index (Phi) is 6.33. The number of aldehydes is 1. The third-order valence-corrected chi connectivity index (χ3v) is 7.06. The molecule has 0 radical (unpaired) electrons. The van der Waals surface area contributed by atoms with Crippen LogP contribution in [0.3, 0.4) is 0 Å². The molecular weight excluding hydrogens is 364 g/mol. The Hall–Kier alpha value is -1.94. The number of carbonyl (C=O) groups excluding carboxylic acids is 2. The molecule has 29 heavy (non-hydrogen) atoms. The van der Waals surface area contributed by atoms with Gasteiger partial charge in [0.05, 0.1) is 23.2 Å². The Balaban J connectivity index is 2.30. The van der Waals surface area contributed by atoms with Gasteiger partial charge in [-0.25, -0.2) is 0 Å². The van der Waals surface area contributed by atoms with Gasteiger partial charge in [0.2, 0.25) is 0 Å². The monoisotopic (exact) mass is 398 g/mol. The zero-order valence-corrected chi connectivity index (χ0v) is 18.6. The van der Waals surface area contributed by atoms with E-state index in [-0.39, 0.29) is 30.5 Å². The molecule has 2 saturated heterocycles. The second-order valence-electron chi connectivity index (χ2n) is 8.67. The lowest BCUT2D eigenvalue weighted by molar-refractivity contribution is -0.141. The molecule has 2 aliphatic rings. The fraction of sp³-hybridized carbons (Fsp3) is 0.600. The first kappa shape index (κ1) is 21.8. The number of aryl methyl sites for hydroxylation is 3. The minimum atomic E-state index is -0.495. The molecule has 0 saturated carbocycles. The number of ether oxygens (including phenoxy) is 2. The largest absolute Gasteiger partial charge is 0.430 e. The lowest BCUT2D eigenvalue weighted by Crippen LogP contribution is -2.40. The lowest BCUT2D eigenvalue weighted by atomic mass is 9.65. The first-order valence-corrected chi connectivity index (χ1v) is 11.0. The summed E-state index contributed by atoms with van der Waals surface area (Å²) in [6.07, 6.45) is 4.86. The van der Waals surface area contributed by atoms with Gasteiger partial charge in [-0.2, -0.15) is 0 Å². The fourth-order valence-corrected chi connectivity index (χ4v) is 5.22. The summed E-state index contributed by atoms with van der Waals surface area (Å²) in [5.41, 5.74) is 4.38. The van der Waals surface area contributed by atoms with Crippen LogP contribution in [0.5, 0.6) is 0 Å². The van der Waals surface area contributed by atoms with Crippen molar-refractivity contribution in [3.05, 3.63) is 40.1 Å². The van der Waals surface area contributed by atoms with Crippen molar-refractivity contribution in [3.63, 3.8) is 0 Å². The predicted molar refractivity (Wildman–Crippen MR) is 114 cm³/mol. The number of benzene rings is 1. The van der Waals surface area contributed by atoms with Crippen LogP contribution in [-0.4, -0.2) is 24.5 Å². The molecule has 0 aliphatic carbocycles. The van der Waals surface area contributed by atoms with E-state index in [1.54, 1.807) is 6.92 Å². The van der Waals surface area contributed by atoms with Crippen LogP contribution in [-0.2, 0) is 31.9 Å². The van der Waals surface area contributed by atoms with Gasteiger partial charge in [-0.3, -0.25) is 9.59 Å². The number of hydrogen-bond acceptors (Lipinski definition) is 4. The van der Waals surface area contributed by atoms with Crippen molar-refractivity contribution in [3.8, 4) is 0 Å². The SMILES string of the molecule is CCC(=O)O/C(=C(/C=O)c1c(CC)cc(C)cc1CC)[C@@]1(C)[C@H](C)[C@@H]2CC[C@H]1O2. The molecule has 4 nitrogen and oxygen atoms in total. The topological polar surface area (TPSA) is 52.6 Å². The van der Waals surface area contributed by atoms with Gasteiger partial charge in [-0.15, -0.1) is 0 Å². The Morgan fingerprint density at radius 2 is 1.83 bits per heavy atom. The van der Waals surface area contributed by atoms with E-state index in [1.807, 2.05) is 0 Å². The summed E-state index contributed by atoms with van der Waals surface area (Å²) in [5, 5.41) is 0. The Morgan fingerprint density at radius 3 is 2.28 bits per heavy atom. The summed E-state index contributed by atoms with van der Waals surface area (Å²) >= 11 is 0. The molecule has 2 fully saturated rings. The van der Waals surface area contributed by atoms with Gasteiger partial charge < -0.3 is 9.47 Å². The first-order valence-electron chi connectivity index (χ1n) is 11.0. The van der Waals surface area contributed by atoms with Gasteiger partial charge >= 0.3 is 5.97 Å². The van der Waals surface area contributed by atoms with Crippen LogP contribution in [0.1, 0.15) is 76.1 Å². The van der Waals surface area contributed by atoms with Gasteiger partial charge in [-0.1, -0.05) is 45.4 Å². The lowest BCUT2D eigenvalue weighted by Gasteiger charge is -2.38. The van der Waals surface area contributed by atoms with E-state index in [1.165, 1.54) is 5.56 Å². The third kappa shape index (κ3) is 3.56. The summed E-state index contributed by atoms with van der Waals surface area (Å²) in [5.74, 6) is 0.377. The third-order valence-electron chi connectivity index (χ3n) is 7.06. The highest BCUT2D eigenvalue weighted by molar-refractivity contribution is 6.09. The quantitative estimate of drug-likeness (QED) is 0.275. The van der Waals surface area contributed by atoms with Gasteiger partial charge in [0.25, 0.3) is 0 Å². The molecule has 0 aromatic heterocycles. The Bertz CT molecular complexity index is 808. The van der Waals surface area contributed by atoms with Crippen molar-refractivity contribution in [1.29, 1.82) is 0 Å². The molecule has 4 heteroatoms. The fourth-order valence-electron chi connectivity index (χ4n) is 5.22. The second-order valence-corrected chi connectivity index (χ2v) is 8.67. The molecular formula is C25H34O4. The molecule has 1 aromatic carbocycles. The maximum atomic E-state index is 12.6. The Labute approximate surface area is 174 Å². The van der Waals surface area contributed by atoms with Crippen LogP contribution < -0.4 is 0 Å². The molecule has 2 aliphatic heterocycles. The molecule has 1 aromatic rings. The standard InChI is InChI=1S/C25H34O4/c1-7-17-12-15(4)13-18(8-2)23(17)19(14-26)24(29-22(27)9-3)25(6)16(5)20-10-11-21(25)28-20/h12-14,16,20-21H,7-11H2,1-6H3/b24-19-/t16-,20+,21-,25+/m1/s1. The van der Waals surface area contributed by atoms with E-state index in [4.69, 9.17) is 9.47 Å². The Morgan fingerprint density at radius 1 is 1.21 bits per heavy atom. The van der Waals surface area contributed by atoms with Gasteiger partial charge in [-0.05, 0) is 62.1 Å². The number of rotatable bonds is 7. The van der Waals surface area contributed by atoms with Gasteiger partial charge in [0, 0.05) is 6.42 Å². The van der Waals surface area contributed by atoms with Crippen LogP contribution >= 0.6 is 0 Å². The maximum absolute atomic E-state index is 12.6. The first-order chi connectivity index (χ1) is 13.8. The zero-order valence-electron chi connectivity index (χ0n) is 18.6. The molecule has 4 atom stereocenters. The summed E-state index contributed by atoms with van der Waals surface area (Å²) < 4.78 is 12.2. The molecule has 2 heterocycles. The van der Waals surface area contributed by atoms with Crippen molar-refractivity contribution >= 4 is 17.8 Å². The van der Waals surface area contributed by atoms with E-state index in [0.29, 0.717) is 11.3 Å². The van der Waals surface area contributed by atoms with Crippen molar-refractivity contribution in [2.75, 3.05) is 0 Å². The smallest absolute Gasteiger partial charge is 0.310 e. The van der Waals surface area contributed by atoms with Crippen LogP contribution in [0.4, 0.5) is 0 Å². The van der Waals surface area contributed by atoms with Gasteiger partial charge in [0.1, 0.15) is 5.76 Å². The van der Waals surface area contributed by atoms with Crippen LogP contribution in [0.25, 0.3) is 5.57 Å². The van der Waals surface area contributed by atoms with Crippen molar-refractivity contribution < 1.29 is 19.1 Å². The van der Waals surface area contributed by atoms with Crippen molar-refractivity contribution in [2.45, 2.75) is 85.9 Å². The van der Waals surface area contributed by atoms with Crippen molar-refractivity contribution in [2.24, 2.45) is 11.3 Å². The van der Waals surface area contributed by atoms with Crippen LogP contribution in [0.15, 0.2) is 17.9 Å². The minimum Gasteiger partial charge on any atom is -0.430 e. The summed E-state index contributed by atoms with van der Waals surface area (Å²) in [6, 6.07) is 4.28. The average Bonchev–Trinajstić information content (AvgIpc) is 3.30. The number of allylic oxidation sites excluding steroid dienone is 1. The summed E-state index contributed by atoms with van der Waals surface area (Å²) in [7, 11) is 0. The molecule has 158 valence electrons. The highest BCUT2D eigenvalue weighted by Gasteiger charge is 2.58. The molecule has 0 amide bonds. The zero-order chi connectivity index (χ0) is 21.3. The highest BCUT2D eigenvalue weighted by Crippen LogP contribution is 2.57. The van der Waals surface area contributed by atoms with Crippen LogP contribution in [0, 0.1) is 18.3 Å². The van der Waals surface area contributed by atoms with Crippen molar-refractivity contribution in [1.82, 2.24) is 0 Å². The molecule has 0 N–H and O–H groups in total. The number of fused-ring (bicyclic) bond motifs is 2. The van der Waals surface area contributed by atoms with E-state index in [2.05, 4.69) is 46.8 Å². The van der Waals surface area contributed by atoms with Crippen LogP contribution in [0.2, 0.25) is 0 Å². The molecule has 3 rings (SSSR count). The number of carbonyl (C=O) groups is 2. The van der Waals surface area contributed by atoms with E-state index in [0.717, 1.165) is 48.7 Å². The minimum absolute atomic E-state index is 0.0299. The molecule has 0 unspecified atom stereocenters.